The van der Waals surface area contributed by atoms with Crippen molar-refractivity contribution in [2.75, 3.05) is 12.4 Å². The molecule has 0 saturated heterocycles. The highest BCUT2D eigenvalue weighted by Gasteiger charge is 2.11. The highest BCUT2D eigenvalue weighted by Crippen LogP contribution is 2.27. The molecule has 21 heavy (non-hydrogen) atoms. The number of carbonyl (C=O) groups is 1. The van der Waals surface area contributed by atoms with Crippen LogP contribution in [0.2, 0.25) is 5.02 Å². The van der Waals surface area contributed by atoms with E-state index in [4.69, 9.17) is 11.6 Å². The molecule has 2 N–H and O–H groups in total. The van der Waals surface area contributed by atoms with Crippen molar-refractivity contribution >= 4 is 23.2 Å². The zero-order valence-corrected chi connectivity index (χ0v) is 12.5. The van der Waals surface area contributed by atoms with Crippen LogP contribution in [0, 0.1) is 5.82 Å². The highest BCUT2D eigenvalue weighted by molar-refractivity contribution is 6.33. The molecule has 1 amide bonds. The zero-order chi connectivity index (χ0) is 15.4. The summed E-state index contributed by atoms with van der Waals surface area (Å²) in [5.74, 6) is -0.449. The van der Waals surface area contributed by atoms with E-state index in [1.54, 1.807) is 37.4 Å². The molecule has 5 heteroatoms. The van der Waals surface area contributed by atoms with E-state index in [0.717, 1.165) is 5.56 Å². The quantitative estimate of drug-likeness (QED) is 0.896. The molecule has 2 aromatic carbocycles. The average Bonchev–Trinajstić information content (AvgIpc) is 2.49. The fourth-order valence-corrected chi connectivity index (χ4v) is 2.16. The van der Waals surface area contributed by atoms with Gasteiger partial charge in [-0.1, -0.05) is 23.7 Å². The Hall–Kier alpha value is -2.07. The van der Waals surface area contributed by atoms with E-state index >= 15 is 0 Å². The third-order valence-corrected chi connectivity index (χ3v) is 3.53. The fraction of sp³-hybridized carbons (Fsp3) is 0.188. The van der Waals surface area contributed by atoms with Crippen molar-refractivity contribution < 1.29 is 9.18 Å². The van der Waals surface area contributed by atoms with E-state index in [2.05, 4.69) is 10.6 Å². The van der Waals surface area contributed by atoms with Gasteiger partial charge in [-0.3, -0.25) is 4.79 Å². The predicted molar refractivity (Wildman–Crippen MR) is 83.3 cm³/mol. The SMILES string of the molecule is CNC(=O)c1ccc(Cl)c(NC(C)c2ccc(F)cc2)c1. The van der Waals surface area contributed by atoms with E-state index < -0.39 is 0 Å². The molecule has 1 atom stereocenters. The second-order valence-electron chi connectivity index (χ2n) is 4.69. The first kappa shape index (κ1) is 15.3. The second kappa shape index (κ2) is 6.59. The number of carbonyl (C=O) groups excluding carboxylic acids is 1. The first-order chi connectivity index (χ1) is 10.0. The van der Waals surface area contributed by atoms with Gasteiger partial charge in [-0.15, -0.1) is 0 Å². The average molecular weight is 307 g/mol. The summed E-state index contributed by atoms with van der Waals surface area (Å²) in [6.45, 7) is 1.94. The normalized spacial score (nSPS) is 11.8. The summed E-state index contributed by atoms with van der Waals surface area (Å²) >= 11 is 6.15. The summed E-state index contributed by atoms with van der Waals surface area (Å²) < 4.78 is 12.9. The lowest BCUT2D eigenvalue weighted by atomic mass is 10.1. The predicted octanol–water partition coefficient (Wildman–Crippen LogP) is 4.01. The van der Waals surface area contributed by atoms with Crippen LogP contribution in [0.1, 0.15) is 28.9 Å². The minimum absolute atomic E-state index is 0.0666. The van der Waals surface area contributed by atoms with Crippen molar-refractivity contribution in [3.63, 3.8) is 0 Å². The van der Waals surface area contributed by atoms with Crippen molar-refractivity contribution in [2.45, 2.75) is 13.0 Å². The number of rotatable bonds is 4. The smallest absolute Gasteiger partial charge is 0.251 e. The van der Waals surface area contributed by atoms with E-state index in [0.29, 0.717) is 16.3 Å². The van der Waals surface area contributed by atoms with Gasteiger partial charge in [0.25, 0.3) is 5.91 Å². The fourth-order valence-electron chi connectivity index (χ4n) is 1.99. The van der Waals surface area contributed by atoms with Crippen LogP contribution in [0.15, 0.2) is 42.5 Å². The van der Waals surface area contributed by atoms with Gasteiger partial charge in [-0.2, -0.15) is 0 Å². The Balaban J connectivity index is 2.22. The van der Waals surface area contributed by atoms with Gasteiger partial charge in [0.1, 0.15) is 5.82 Å². The van der Waals surface area contributed by atoms with Gasteiger partial charge in [0.2, 0.25) is 0 Å². The van der Waals surface area contributed by atoms with Gasteiger partial charge in [-0.05, 0) is 42.8 Å². The van der Waals surface area contributed by atoms with Gasteiger partial charge >= 0.3 is 0 Å². The van der Waals surface area contributed by atoms with Crippen LogP contribution in [-0.4, -0.2) is 13.0 Å². The Bertz CT molecular complexity index is 643. The summed E-state index contributed by atoms with van der Waals surface area (Å²) in [4.78, 5) is 11.6. The van der Waals surface area contributed by atoms with Crippen molar-refractivity contribution in [1.29, 1.82) is 0 Å². The van der Waals surface area contributed by atoms with Gasteiger partial charge < -0.3 is 10.6 Å². The van der Waals surface area contributed by atoms with Crippen molar-refractivity contribution in [2.24, 2.45) is 0 Å². The Labute approximate surface area is 128 Å². The molecule has 0 aliphatic carbocycles. The molecule has 0 fully saturated rings. The topological polar surface area (TPSA) is 41.1 Å². The number of amides is 1. The molecule has 0 spiro atoms. The zero-order valence-electron chi connectivity index (χ0n) is 11.8. The summed E-state index contributed by atoms with van der Waals surface area (Å²) in [6.07, 6.45) is 0. The molecular weight excluding hydrogens is 291 g/mol. The molecule has 2 rings (SSSR count). The third-order valence-electron chi connectivity index (χ3n) is 3.20. The van der Waals surface area contributed by atoms with Crippen LogP contribution in [0.5, 0.6) is 0 Å². The monoisotopic (exact) mass is 306 g/mol. The van der Waals surface area contributed by atoms with Gasteiger partial charge in [0.05, 0.1) is 10.7 Å². The molecule has 0 aromatic heterocycles. The molecule has 1 unspecified atom stereocenters. The molecule has 0 aliphatic heterocycles. The van der Waals surface area contributed by atoms with Crippen LogP contribution in [0.4, 0.5) is 10.1 Å². The number of anilines is 1. The number of halogens is 2. The van der Waals surface area contributed by atoms with Gasteiger partial charge in [-0.25, -0.2) is 4.39 Å². The van der Waals surface area contributed by atoms with E-state index in [1.807, 2.05) is 6.92 Å². The number of benzene rings is 2. The van der Waals surface area contributed by atoms with E-state index in [-0.39, 0.29) is 17.8 Å². The highest BCUT2D eigenvalue weighted by atomic mass is 35.5. The maximum absolute atomic E-state index is 12.9. The van der Waals surface area contributed by atoms with E-state index in [1.165, 1.54) is 12.1 Å². The summed E-state index contributed by atoms with van der Waals surface area (Å²) in [7, 11) is 1.57. The maximum Gasteiger partial charge on any atom is 0.251 e. The minimum atomic E-state index is -0.273. The Morgan fingerprint density at radius 1 is 1.19 bits per heavy atom. The standard InChI is InChI=1S/C16H16ClFN2O/c1-10(11-3-6-13(18)7-4-11)20-15-9-12(16(21)19-2)5-8-14(15)17/h3-10,20H,1-2H3,(H,19,21). The number of nitrogens with one attached hydrogen (secondary N) is 2. The van der Waals surface area contributed by atoms with Crippen LogP contribution in [-0.2, 0) is 0 Å². The largest absolute Gasteiger partial charge is 0.377 e. The summed E-state index contributed by atoms with van der Waals surface area (Å²) in [5, 5.41) is 6.32. The molecule has 0 heterocycles. The van der Waals surface area contributed by atoms with E-state index in [9.17, 15) is 9.18 Å². The molecule has 0 aliphatic rings. The van der Waals surface area contributed by atoms with Gasteiger partial charge in [0.15, 0.2) is 0 Å². The summed E-state index contributed by atoms with van der Waals surface area (Å²) in [6, 6.07) is 11.2. The lowest BCUT2D eigenvalue weighted by Gasteiger charge is -2.17. The van der Waals surface area contributed by atoms with Gasteiger partial charge in [0, 0.05) is 18.7 Å². The molecule has 110 valence electrons. The maximum atomic E-state index is 12.9. The second-order valence-corrected chi connectivity index (χ2v) is 5.10. The molecule has 0 saturated carbocycles. The summed E-state index contributed by atoms with van der Waals surface area (Å²) in [5.41, 5.74) is 2.11. The Morgan fingerprint density at radius 2 is 1.86 bits per heavy atom. The molecule has 2 aromatic rings. The Kier molecular flexibility index (Phi) is 4.81. The minimum Gasteiger partial charge on any atom is -0.377 e. The Morgan fingerprint density at radius 3 is 2.48 bits per heavy atom. The third kappa shape index (κ3) is 3.73. The lowest BCUT2D eigenvalue weighted by Crippen LogP contribution is -2.18. The van der Waals surface area contributed by atoms with Crippen molar-refractivity contribution in [3.05, 3.63) is 64.4 Å². The molecule has 0 radical (unpaired) electrons. The van der Waals surface area contributed by atoms with Crippen LogP contribution in [0.25, 0.3) is 0 Å². The van der Waals surface area contributed by atoms with Crippen LogP contribution >= 0.6 is 11.6 Å². The number of hydrogen-bond donors (Lipinski definition) is 2. The van der Waals surface area contributed by atoms with Crippen molar-refractivity contribution in [3.8, 4) is 0 Å². The molecule has 3 nitrogen and oxygen atoms in total. The van der Waals surface area contributed by atoms with Crippen LogP contribution in [0.3, 0.4) is 0 Å². The molecular formula is C16H16ClFN2O. The number of hydrogen-bond acceptors (Lipinski definition) is 2. The lowest BCUT2D eigenvalue weighted by molar-refractivity contribution is 0.0963. The van der Waals surface area contributed by atoms with Crippen molar-refractivity contribution in [1.82, 2.24) is 5.32 Å². The first-order valence-electron chi connectivity index (χ1n) is 6.55. The first-order valence-corrected chi connectivity index (χ1v) is 6.92. The molecule has 0 bridgehead atoms. The van der Waals surface area contributed by atoms with Crippen LogP contribution < -0.4 is 10.6 Å².